The Morgan fingerprint density at radius 3 is 2.79 bits per heavy atom. The zero-order valence-corrected chi connectivity index (χ0v) is 12.6. The summed E-state index contributed by atoms with van der Waals surface area (Å²) in [5.74, 6) is 1.45. The van der Waals surface area contributed by atoms with Gasteiger partial charge in [0.25, 0.3) is 5.91 Å². The van der Waals surface area contributed by atoms with Gasteiger partial charge in [0.05, 0.1) is 11.9 Å². The van der Waals surface area contributed by atoms with Crippen LogP contribution in [0.4, 0.5) is 5.69 Å². The maximum Gasteiger partial charge on any atom is 0.277 e. The average molecular weight is 323 g/mol. The third-order valence-corrected chi connectivity index (χ3v) is 3.49. The Kier molecular flexibility index (Phi) is 3.59. The minimum absolute atomic E-state index is 0.184. The van der Waals surface area contributed by atoms with E-state index in [0.29, 0.717) is 36.2 Å². The highest BCUT2D eigenvalue weighted by molar-refractivity contribution is 6.03. The Balaban J connectivity index is 1.55. The molecule has 4 rings (SSSR count). The number of anilines is 1. The van der Waals surface area contributed by atoms with Crippen LogP contribution in [0.15, 0.2) is 53.3 Å². The van der Waals surface area contributed by atoms with E-state index in [1.165, 1.54) is 0 Å². The lowest BCUT2D eigenvalue weighted by Crippen LogP contribution is -2.15. The first-order valence-electron chi connectivity index (χ1n) is 7.38. The van der Waals surface area contributed by atoms with Gasteiger partial charge < -0.3 is 19.3 Å². The lowest BCUT2D eigenvalue weighted by atomic mass is 10.1. The van der Waals surface area contributed by atoms with Crippen molar-refractivity contribution in [3.8, 4) is 22.8 Å². The number of aromatic nitrogens is 2. The second-order valence-electron chi connectivity index (χ2n) is 5.13. The molecule has 3 aromatic rings. The summed E-state index contributed by atoms with van der Waals surface area (Å²) in [5.41, 5.74) is 1.53. The summed E-state index contributed by atoms with van der Waals surface area (Å²) in [6, 6.07) is 10.5. The molecule has 0 atom stereocenters. The van der Waals surface area contributed by atoms with Crippen LogP contribution in [0.1, 0.15) is 10.5 Å². The first-order valence-corrected chi connectivity index (χ1v) is 7.38. The van der Waals surface area contributed by atoms with E-state index in [-0.39, 0.29) is 11.6 Å². The molecule has 0 saturated carbocycles. The maximum absolute atomic E-state index is 12.2. The standard InChI is InChI=1S/C17H13N3O4/c21-17(19-12-2-1-5-18-10-12)13-9-15(24-20-13)11-3-4-14-16(8-11)23-7-6-22-14/h1-5,8-10H,6-7H2,(H,19,21). The zero-order valence-electron chi connectivity index (χ0n) is 12.6. The zero-order chi connectivity index (χ0) is 16.4. The molecule has 1 N–H and O–H groups in total. The second-order valence-corrected chi connectivity index (χ2v) is 5.13. The number of hydrogen-bond acceptors (Lipinski definition) is 6. The molecular weight excluding hydrogens is 310 g/mol. The van der Waals surface area contributed by atoms with Crippen LogP contribution in [0.25, 0.3) is 11.3 Å². The van der Waals surface area contributed by atoms with Gasteiger partial charge in [-0.1, -0.05) is 5.16 Å². The molecule has 120 valence electrons. The monoisotopic (exact) mass is 323 g/mol. The van der Waals surface area contributed by atoms with Crippen molar-refractivity contribution >= 4 is 11.6 Å². The Labute approximate surface area is 137 Å². The molecule has 0 radical (unpaired) electrons. The molecule has 7 nitrogen and oxygen atoms in total. The van der Waals surface area contributed by atoms with Crippen LogP contribution in [-0.4, -0.2) is 29.3 Å². The van der Waals surface area contributed by atoms with Gasteiger partial charge in [0.2, 0.25) is 0 Å². The van der Waals surface area contributed by atoms with E-state index in [1.807, 2.05) is 12.1 Å². The van der Waals surface area contributed by atoms with Gasteiger partial charge >= 0.3 is 0 Å². The molecule has 0 fully saturated rings. The largest absolute Gasteiger partial charge is 0.486 e. The summed E-state index contributed by atoms with van der Waals surface area (Å²) >= 11 is 0. The molecule has 7 heteroatoms. The lowest BCUT2D eigenvalue weighted by Gasteiger charge is -2.18. The van der Waals surface area contributed by atoms with Crippen molar-refractivity contribution in [2.45, 2.75) is 0 Å². The molecule has 1 amide bonds. The normalized spacial score (nSPS) is 12.7. The van der Waals surface area contributed by atoms with Crippen molar-refractivity contribution in [1.82, 2.24) is 10.1 Å². The average Bonchev–Trinajstić information content (AvgIpc) is 3.12. The first-order chi connectivity index (χ1) is 11.8. The van der Waals surface area contributed by atoms with Crippen LogP contribution < -0.4 is 14.8 Å². The van der Waals surface area contributed by atoms with Crippen molar-refractivity contribution in [1.29, 1.82) is 0 Å². The third kappa shape index (κ3) is 2.79. The number of hydrogen-bond donors (Lipinski definition) is 1. The summed E-state index contributed by atoms with van der Waals surface area (Å²) in [6.45, 7) is 1.04. The Morgan fingerprint density at radius 2 is 1.96 bits per heavy atom. The van der Waals surface area contributed by atoms with Crippen LogP contribution in [-0.2, 0) is 0 Å². The summed E-state index contributed by atoms with van der Waals surface area (Å²) in [4.78, 5) is 16.1. The van der Waals surface area contributed by atoms with Gasteiger partial charge in [0.15, 0.2) is 23.0 Å². The van der Waals surface area contributed by atoms with Crippen LogP contribution in [0, 0.1) is 0 Å². The number of carbonyl (C=O) groups excluding carboxylic acids is 1. The van der Waals surface area contributed by atoms with Crippen molar-refractivity contribution in [2.24, 2.45) is 0 Å². The first kappa shape index (κ1) is 14.3. The third-order valence-electron chi connectivity index (χ3n) is 3.49. The van der Waals surface area contributed by atoms with Crippen molar-refractivity contribution in [2.75, 3.05) is 18.5 Å². The van der Waals surface area contributed by atoms with Crippen molar-refractivity contribution in [3.63, 3.8) is 0 Å². The highest BCUT2D eigenvalue weighted by Gasteiger charge is 2.17. The predicted octanol–water partition coefficient (Wildman–Crippen LogP) is 2.76. The number of rotatable bonds is 3. The fourth-order valence-corrected chi connectivity index (χ4v) is 2.35. The minimum atomic E-state index is -0.365. The molecule has 0 bridgehead atoms. The van der Waals surface area contributed by atoms with E-state index >= 15 is 0 Å². The SMILES string of the molecule is O=C(Nc1cccnc1)c1cc(-c2ccc3c(c2)OCCO3)on1. The molecule has 2 aromatic heterocycles. The van der Waals surface area contributed by atoms with E-state index in [4.69, 9.17) is 14.0 Å². The predicted molar refractivity (Wildman–Crippen MR) is 85.1 cm³/mol. The van der Waals surface area contributed by atoms with Crippen molar-refractivity contribution < 1.29 is 18.8 Å². The molecule has 1 aromatic carbocycles. The lowest BCUT2D eigenvalue weighted by molar-refractivity contribution is 0.101. The number of amides is 1. The summed E-state index contributed by atoms with van der Waals surface area (Å²) < 4.78 is 16.3. The molecular formula is C17H13N3O4. The Hall–Kier alpha value is -3.35. The quantitative estimate of drug-likeness (QED) is 0.797. The summed E-state index contributed by atoms with van der Waals surface area (Å²) in [6.07, 6.45) is 3.19. The number of nitrogens with zero attached hydrogens (tertiary/aromatic N) is 2. The molecule has 1 aliphatic rings. The molecule has 0 spiro atoms. The van der Waals surface area contributed by atoms with E-state index in [1.54, 1.807) is 36.7 Å². The minimum Gasteiger partial charge on any atom is -0.486 e. The van der Waals surface area contributed by atoms with Crippen molar-refractivity contribution in [3.05, 3.63) is 54.5 Å². The van der Waals surface area contributed by atoms with Gasteiger partial charge in [-0.25, -0.2) is 0 Å². The van der Waals surface area contributed by atoms with E-state index in [2.05, 4.69) is 15.5 Å². The van der Waals surface area contributed by atoms with Gasteiger partial charge in [0.1, 0.15) is 13.2 Å². The molecule has 0 saturated heterocycles. The topological polar surface area (TPSA) is 86.5 Å². The molecule has 0 aliphatic carbocycles. The van der Waals surface area contributed by atoms with Gasteiger partial charge in [0, 0.05) is 17.8 Å². The highest BCUT2D eigenvalue weighted by atomic mass is 16.6. The number of nitrogens with one attached hydrogen (secondary N) is 1. The van der Waals surface area contributed by atoms with Gasteiger partial charge in [-0.2, -0.15) is 0 Å². The Bertz CT molecular complexity index is 877. The molecule has 0 unspecified atom stereocenters. The summed E-state index contributed by atoms with van der Waals surface area (Å²) in [7, 11) is 0. The number of carbonyl (C=O) groups is 1. The maximum atomic E-state index is 12.2. The number of benzene rings is 1. The van der Waals surface area contributed by atoms with Crippen LogP contribution in [0.3, 0.4) is 0 Å². The fraction of sp³-hybridized carbons (Fsp3) is 0.118. The Morgan fingerprint density at radius 1 is 1.08 bits per heavy atom. The number of ether oxygens (including phenoxy) is 2. The second kappa shape index (κ2) is 6.04. The van der Waals surface area contributed by atoms with E-state index < -0.39 is 0 Å². The molecule has 3 heterocycles. The van der Waals surface area contributed by atoms with E-state index in [0.717, 1.165) is 5.56 Å². The number of pyridine rings is 1. The fourth-order valence-electron chi connectivity index (χ4n) is 2.35. The van der Waals surface area contributed by atoms with E-state index in [9.17, 15) is 4.79 Å². The van der Waals surface area contributed by atoms with Gasteiger partial charge in [-0.15, -0.1) is 0 Å². The van der Waals surface area contributed by atoms with Gasteiger partial charge in [-0.3, -0.25) is 9.78 Å². The van der Waals surface area contributed by atoms with Crippen LogP contribution in [0.5, 0.6) is 11.5 Å². The van der Waals surface area contributed by atoms with Crippen LogP contribution in [0.2, 0.25) is 0 Å². The smallest absolute Gasteiger partial charge is 0.277 e. The molecule has 24 heavy (non-hydrogen) atoms. The highest BCUT2D eigenvalue weighted by Crippen LogP contribution is 2.34. The van der Waals surface area contributed by atoms with Gasteiger partial charge in [-0.05, 0) is 30.3 Å². The summed E-state index contributed by atoms with van der Waals surface area (Å²) in [5, 5.41) is 6.53. The molecule has 1 aliphatic heterocycles. The number of fused-ring (bicyclic) bond motifs is 1. The van der Waals surface area contributed by atoms with Crippen LogP contribution >= 0.6 is 0 Å².